The second kappa shape index (κ2) is 5.79. The average Bonchev–Trinajstić information content (AvgIpc) is 2.77. The Morgan fingerprint density at radius 3 is 3.11 bits per heavy atom. The summed E-state index contributed by atoms with van der Waals surface area (Å²) < 4.78 is 5.06. The molecule has 1 aromatic rings. The molecule has 19 heavy (non-hydrogen) atoms. The van der Waals surface area contributed by atoms with Crippen LogP contribution in [0.3, 0.4) is 0 Å². The molecule has 2 rings (SSSR count). The summed E-state index contributed by atoms with van der Waals surface area (Å²) in [5.74, 6) is -0.241. The summed E-state index contributed by atoms with van der Waals surface area (Å²) in [7, 11) is 0. The molecule has 1 aliphatic heterocycles. The first-order chi connectivity index (χ1) is 9.10. The Balaban J connectivity index is 2.05. The predicted octanol–water partition coefficient (Wildman–Crippen LogP) is -0.593. The van der Waals surface area contributed by atoms with E-state index in [1.807, 2.05) is 6.92 Å². The van der Waals surface area contributed by atoms with E-state index in [1.165, 1.54) is 4.90 Å². The lowest BCUT2D eigenvalue weighted by atomic mass is 10.2. The fraction of sp³-hybridized carbons (Fsp3) is 0.636. The number of hydrogen-bond donors (Lipinski definition) is 2. The van der Waals surface area contributed by atoms with Gasteiger partial charge in [-0.05, 0) is 6.42 Å². The molecule has 8 heteroatoms. The van der Waals surface area contributed by atoms with Gasteiger partial charge in [0.05, 0.1) is 13.1 Å². The first kappa shape index (κ1) is 13.5. The number of nitrogens with zero attached hydrogens (tertiary/aromatic N) is 3. The Morgan fingerprint density at radius 2 is 2.42 bits per heavy atom. The number of carboxylic acid groups (broad SMARTS) is 1. The van der Waals surface area contributed by atoms with Gasteiger partial charge in [0.25, 0.3) is 0 Å². The molecule has 1 aromatic heterocycles. The lowest BCUT2D eigenvalue weighted by Gasteiger charge is -2.31. The molecule has 2 N–H and O–H groups in total. The minimum Gasteiger partial charge on any atom is -0.480 e. The zero-order valence-corrected chi connectivity index (χ0v) is 10.6. The van der Waals surface area contributed by atoms with Crippen LogP contribution in [0, 0.1) is 0 Å². The van der Waals surface area contributed by atoms with Crippen LogP contribution in [0.25, 0.3) is 0 Å². The molecule has 8 nitrogen and oxygen atoms in total. The van der Waals surface area contributed by atoms with Crippen LogP contribution in [-0.4, -0.2) is 51.2 Å². The van der Waals surface area contributed by atoms with Crippen molar-refractivity contribution in [2.75, 3.05) is 13.1 Å². The van der Waals surface area contributed by atoms with Crippen LogP contribution in [0.2, 0.25) is 0 Å². The van der Waals surface area contributed by atoms with E-state index >= 15 is 0 Å². The molecule has 1 unspecified atom stereocenters. The van der Waals surface area contributed by atoms with Crippen molar-refractivity contribution in [3.63, 3.8) is 0 Å². The van der Waals surface area contributed by atoms with Gasteiger partial charge in [-0.3, -0.25) is 14.5 Å². The van der Waals surface area contributed by atoms with E-state index in [2.05, 4.69) is 15.5 Å². The van der Waals surface area contributed by atoms with E-state index in [0.29, 0.717) is 18.1 Å². The molecule has 0 aliphatic carbocycles. The Hall–Kier alpha value is -1.96. The van der Waals surface area contributed by atoms with E-state index in [1.54, 1.807) is 0 Å². The molecule has 0 bridgehead atoms. The van der Waals surface area contributed by atoms with Gasteiger partial charge in [0.2, 0.25) is 11.8 Å². The van der Waals surface area contributed by atoms with Crippen molar-refractivity contribution in [2.45, 2.75) is 32.4 Å². The molecule has 1 amide bonds. The summed E-state index contributed by atoms with van der Waals surface area (Å²) in [6, 6.07) is -0.765. The topological polar surface area (TPSA) is 109 Å². The maximum atomic E-state index is 11.3. The molecule has 1 fully saturated rings. The maximum Gasteiger partial charge on any atom is 0.322 e. The summed E-state index contributed by atoms with van der Waals surface area (Å²) in [6.07, 6.45) is 1.62. The fourth-order valence-electron chi connectivity index (χ4n) is 1.95. The fourth-order valence-corrected chi connectivity index (χ4v) is 1.95. The summed E-state index contributed by atoms with van der Waals surface area (Å²) in [6.45, 7) is 2.28. The third kappa shape index (κ3) is 3.28. The molecular weight excluding hydrogens is 252 g/mol. The van der Waals surface area contributed by atoms with Gasteiger partial charge in [0.15, 0.2) is 5.82 Å². The monoisotopic (exact) mass is 268 g/mol. The highest BCUT2D eigenvalue weighted by Gasteiger charge is 2.32. The molecule has 0 aromatic carbocycles. The maximum absolute atomic E-state index is 11.3. The smallest absolute Gasteiger partial charge is 0.322 e. The number of hydrogen-bond acceptors (Lipinski definition) is 6. The average molecular weight is 268 g/mol. The van der Waals surface area contributed by atoms with Gasteiger partial charge in [0.1, 0.15) is 6.04 Å². The highest BCUT2D eigenvalue weighted by atomic mass is 16.5. The molecule has 1 saturated heterocycles. The number of carbonyl (C=O) groups is 2. The Bertz CT molecular complexity index is 473. The SMILES string of the molecule is CCCc1noc(CN2CC(=O)NCC2C(=O)O)n1. The molecule has 0 spiro atoms. The predicted molar refractivity (Wildman–Crippen MR) is 63.1 cm³/mol. The Kier molecular flexibility index (Phi) is 4.10. The number of amides is 1. The van der Waals surface area contributed by atoms with Crippen molar-refractivity contribution in [3.05, 3.63) is 11.7 Å². The van der Waals surface area contributed by atoms with Gasteiger partial charge in [0, 0.05) is 13.0 Å². The van der Waals surface area contributed by atoms with Crippen LogP contribution in [0.15, 0.2) is 4.52 Å². The molecule has 104 valence electrons. The first-order valence-corrected chi connectivity index (χ1v) is 6.15. The van der Waals surface area contributed by atoms with E-state index in [0.717, 1.165) is 6.42 Å². The second-order valence-electron chi connectivity index (χ2n) is 4.42. The number of carboxylic acids is 1. The largest absolute Gasteiger partial charge is 0.480 e. The quantitative estimate of drug-likeness (QED) is 0.734. The number of aromatic nitrogens is 2. The first-order valence-electron chi connectivity index (χ1n) is 6.15. The molecule has 2 heterocycles. The molecule has 0 saturated carbocycles. The number of piperazine rings is 1. The van der Waals surface area contributed by atoms with Gasteiger partial charge in [-0.1, -0.05) is 12.1 Å². The zero-order chi connectivity index (χ0) is 13.8. The molecule has 0 radical (unpaired) electrons. The third-order valence-corrected chi connectivity index (χ3v) is 2.89. The van der Waals surface area contributed by atoms with Crippen molar-refractivity contribution < 1.29 is 19.2 Å². The lowest BCUT2D eigenvalue weighted by Crippen LogP contribution is -2.56. The minimum absolute atomic E-state index is 0.0163. The summed E-state index contributed by atoms with van der Waals surface area (Å²) in [5, 5.41) is 15.4. The third-order valence-electron chi connectivity index (χ3n) is 2.89. The van der Waals surface area contributed by atoms with Crippen molar-refractivity contribution >= 4 is 11.9 Å². The number of aliphatic carboxylic acids is 1. The van der Waals surface area contributed by atoms with Gasteiger partial charge >= 0.3 is 5.97 Å². The van der Waals surface area contributed by atoms with Crippen LogP contribution in [0.5, 0.6) is 0 Å². The minimum atomic E-state index is -0.978. The van der Waals surface area contributed by atoms with Crippen molar-refractivity contribution in [3.8, 4) is 0 Å². The van der Waals surface area contributed by atoms with Crippen LogP contribution < -0.4 is 5.32 Å². The second-order valence-corrected chi connectivity index (χ2v) is 4.42. The normalized spacial score (nSPS) is 20.3. The number of rotatable bonds is 5. The highest BCUT2D eigenvalue weighted by molar-refractivity contribution is 5.83. The summed E-state index contributed by atoms with van der Waals surface area (Å²) in [4.78, 5) is 28.1. The standard InChI is InChI=1S/C11H16N4O4/c1-2-3-8-13-10(19-14-8)6-15-5-9(16)12-4-7(15)11(17)18/h7H,2-6H2,1H3,(H,12,16)(H,17,18). The van der Waals surface area contributed by atoms with E-state index in [9.17, 15) is 9.59 Å². The van der Waals surface area contributed by atoms with E-state index < -0.39 is 12.0 Å². The summed E-state index contributed by atoms with van der Waals surface area (Å²) in [5.41, 5.74) is 0. The van der Waals surface area contributed by atoms with Crippen LogP contribution in [0.1, 0.15) is 25.1 Å². The van der Waals surface area contributed by atoms with Crippen molar-refractivity contribution in [1.82, 2.24) is 20.4 Å². The van der Waals surface area contributed by atoms with Gasteiger partial charge in [-0.2, -0.15) is 4.98 Å². The number of nitrogens with one attached hydrogen (secondary N) is 1. The van der Waals surface area contributed by atoms with E-state index in [-0.39, 0.29) is 25.5 Å². The Morgan fingerprint density at radius 1 is 1.63 bits per heavy atom. The number of carbonyl (C=O) groups excluding carboxylic acids is 1. The molecule has 1 atom stereocenters. The van der Waals surface area contributed by atoms with Crippen LogP contribution in [0.4, 0.5) is 0 Å². The summed E-state index contributed by atoms with van der Waals surface area (Å²) >= 11 is 0. The van der Waals surface area contributed by atoms with Gasteiger partial charge in [-0.25, -0.2) is 0 Å². The van der Waals surface area contributed by atoms with Gasteiger partial charge < -0.3 is 14.9 Å². The van der Waals surface area contributed by atoms with Crippen molar-refractivity contribution in [2.24, 2.45) is 0 Å². The zero-order valence-electron chi connectivity index (χ0n) is 10.6. The number of aryl methyl sites for hydroxylation is 1. The Labute approximate surface area is 109 Å². The highest BCUT2D eigenvalue weighted by Crippen LogP contribution is 2.10. The van der Waals surface area contributed by atoms with E-state index in [4.69, 9.17) is 9.63 Å². The lowest BCUT2D eigenvalue weighted by molar-refractivity contribution is -0.146. The van der Waals surface area contributed by atoms with Gasteiger partial charge in [-0.15, -0.1) is 0 Å². The van der Waals surface area contributed by atoms with Crippen LogP contribution in [-0.2, 0) is 22.6 Å². The van der Waals surface area contributed by atoms with Crippen LogP contribution >= 0.6 is 0 Å². The molecular formula is C11H16N4O4. The molecule has 1 aliphatic rings. The van der Waals surface area contributed by atoms with Crippen molar-refractivity contribution in [1.29, 1.82) is 0 Å².